The first-order valence-electron chi connectivity index (χ1n) is 11.6. The summed E-state index contributed by atoms with van der Waals surface area (Å²) in [5, 5.41) is 12.7. The standard InChI is InChI=1S/C26H32N2O5S/c1-2-33-26(32)22(14-13-19-9-5-3-6-10-19)27-23-18-34-17-21(15-20-11-7-4-8-12-20)28(25(23)31)16-24(29)30/h3-12,21-23,27H,2,13-18H2,1H3,(H,29,30)/t21?,22-,23?/m1/s1. The maximum absolute atomic E-state index is 13.5. The lowest BCUT2D eigenvalue weighted by atomic mass is 10.0. The molecule has 0 saturated carbocycles. The third-order valence-electron chi connectivity index (χ3n) is 5.77. The first-order valence-corrected chi connectivity index (χ1v) is 12.7. The Kier molecular flexibility index (Phi) is 9.97. The number of benzene rings is 2. The predicted octanol–water partition coefficient (Wildman–Crippen LogP) is 2.78. The van der Waals surface area contributed by atoms with Crippen molar-refractivity contribution >= 4 is 29.6 Å². The van der Waals surface area contributed by atoms with Crippen LogP contribution in [0.2, 0.25) is 0 Å². The first-order chi connectivity index (χ1) is 16.5. The van der Waals surface area contributed by atoms with E-state index in [2.05, 4.69) is 5.32 Å². The van der Waals surface area contributed by atoms with Gasteiger partial charge in [0.25, 0.3) is 0 Å². The number of carbonyl (C=O) groups excluding carboxylic acids is 2. The zero-order valence-corrected chi connectivity index (χ0v) is 20.2. The van der Waals surface area contributed by atoms with E-state index in [0.29, 0.717) is 30.8 Å². The summed E-state index contributed by atoms with van der Waals surface area (Å²) in [6.45, 7) is 1.63. The number of carbonyl (C=O) groups is 3. The van der Waals surface area contributed by atoms with Crippen LogP contribution in [0.25, 0.3) is 0 Å². The lowest BCUT2D eigenvalue weighted by Gasteiger charge is -2.31. The lowest BCUT2D eigenvalue weighted by Crippen LogP contribution is -2.55. The van der Waals surface area contributed by atoms with E-state index >= 15 is 0 Å². The molecule has 0 radical (unpaired) electrons. The van der Waals surface area contributed by atoms with Crippen molar-refractivity contribution in [3.8, 4) is 0 Å². The van der Waals surface area contributed by atoms with Crippen molar-refractivity contribution in [2.24, 2.45) is 0 Å². The Labute approximate surface area is 204 Å². The summed E-state index contributed by atoms with van der Waals surface area (Å²) in [6, 6.07) is 18.0. The third kappa shape index (κ3) is 7.60. The molecular formula is C26H32N2O5S. The minimum Gasteiger partial charge on any atom is -0.480 e. The lowest BCUT2D eigenvalue weighted by molar-refractivity contribution is -0.149. The number of hydrogen-bond acceptors (Lipinski definition) is 6. The van der Waals surface area contributed by atoms with Gasteiger partial charge in [-0.05, 0) is 37.3 Å². The minimum atomic E-state index is -1.05. The molecule has 8 heteroatoms. The third-order valence-corrected chi connectivity index (χ3v) is 6.96. The fourth-order valence-electron chi connectivity index (χ4n) is 4.10. The second-order valence-corrected chi connectivity index (χ2v) is 9.36. The number of rotatable bonds is 11. The molecule has 0 bridgehead atoms. The molecule has 0 aromatic heterocycles. The average Bonchev–Trinajstić information content (AvgIpc) is 2.97. The van der Waals surface area contributed by atoms with Crippen LogP contribution in [0.4, 0.5) is 0 Å². The Hall–Kier alpha value is -2.84. The number of aryl methyl sites for hydroxylation is 1. The highest BCUT2D eigenvalue weighted by molar-refractivity contribution is 7.99. The summed E-state index contributed by atoms with van der Waals surface area (Å²) in [7, 11) is 0. The number of aliphatic carboxylic acids is 1. The van der Waals surface area contributed by atoms with Crippen LogP contribution in [-0.2, 0) is 32.0 Å². The average molecular weight is 485 g/mol. The molecule has 1 amide bonds. The van der Waals surface area contributed by atoms with Crippen molar-refractivity contribution in [1.29, 1.82) is 0 Å². The van der Waals surface area contributed by atoms with Gasteiger partial charge < -0.3 is 14.7 Å². The number of carboxylic acids is 1. The van der Waals surface area contributed by atoms with Crippen LogP contribution in [0, 0.1) is 0 Å². The summed E-state index contributed by atoms with van der Waals surface area (Å²) in [6.07, 6.45) is 1.71. The van der Waals surface area contributed by atoms with Gasteiger partial charge in [-0.25, -0.2) is 0 Å². The molecule has 1 heterocycles. The molecule has 0 aliphatic carbocycles. The molecule has 1 aliphatic rings. The maximum atomic E-state index is 13.5. The van der Waals surface area contributed by atoms with Crippen molar-refractivity contribution in [1.82, 2.24) is 10.2 Å². The SMILES string of the molecule is CCOC(=O)[C@@H](CCc1ccccc1)NC1CSCC(Cc2ccccc2)N(CC(=O)O)C1=O. The molecule has 3 atom stereocenters. The highest BCUT2D eigenvalue weighted by Crippen LogP contribution is 2.22. The Morgan fingerprint density at radius 2 is 1.74 bits per heavy atom. The smallest absolute Gasteiger partial charge is 0.323 e. The van der Waals surface area contributed by atoms with Crippen LogP contribution in [0.15, 0.2) is 60.7 Å². The van der Waals surface area contributed by atoms with Gasteiger partial charge >= 0.3 is 11.9 Å². The molecule has 3 rings (SSSR count). The van der Waals surface area contributed by atoms with E-state index in [4.69, 9.17) is 4.74 Å². The van der Waals surface area contributed by atoms with Gasteiger partial charge in [0.05, 0.1) is 12.6 Å². The van der Waals surface area contributed by atoms with E-state index in [1.54, 1.807) is 18.7 Å². The molecule has 182 valence electrons. The summed E-state index contributed by atoms with van der Waals surface area (Å²) in [5.74, 6) is -0.654. The largest absolute Gasteiger partial charge is 0.480 e. The minimum absolute atomic E-state index is 0.242. The van der Waals surface area contributed by atoms with Gasteiger partial charge in [-0.15, -0.1) is 0 Å². The van der Waals surface area contributed by atoms with E-state index in [-0.39, 0.29) is 25.1 Å². The zero-order chi connectivity index (χ0) is 24.3. The monoisotopic (exact) mass is 484 g/mol. The molecule has 2 N–H and O–H groups in total. The second kappa shape index (κ2) is 13.2. The van der Waals surface area contributed by atoms with E-state index in [1.165, 1.54) is 4.90 Å². The molecule has 1 aliphatic heterocycles. The van der Waals surface area contributed by atoms with Crippen molar-refractivity contribution in [2.45, 2.75) is 44.3 Å². The van der Waals surface area contributed by atoms with Crippen LogP contribution >= 0.6 is 11.8 Å². The topological polar surface area (TPSA) is 95.9 Å². The summed E-state index contributed by atoms with van der Waals surface area (Å²) in [4.78, 5) is 39.3. The van der Waals surface area contributed by atoms with Crippen LogP contribution in [0.5, 0.6) is 0 Å². The highest BCUT2D eigenvalue weighted by atomic mass is 32.2. The number of ether oxygens (including phenoxy) is 1. The number of esters is 1. The Balaban J connectivity index is 1.75. The molecule has 2 aromatic rings. The Bertz CT molecular complexity index is 941. The molecule has 34 heavy (non-hydrogen) atoms. The second-order valence-electron chi connectivity index (χ2n) is 8.29. The molecule has 2 unspecified atom stereocenters. The fraction of sp³-hybridized carbons (Fsp3) is 0.423. The van der Waals surface area contributed by atoms with Crippen LogP contribution in [0.1, 0.15) is 24.5 Å². The zero-order valence-electron chi connectivity index (χ0n) is 19.4. The summed E-state index contributed by atoms with van der Waals surface area (Å²) >= 11 is 1.60. The van der Waals surface area contributed by atoms with Crippen LogP contribution in [-0.4, -0.2) is 70.6 Å². The van der Waals surface area contributed by atoms with Crippen LogP contribution < -0.4 is 5.32 Å². The van der Waals surface area contributed by atoms with E-state index in [1.807, 2.05) is 60.7 Å². The molecule has 2 aromatic carbocycles. The van der Waals surface area contributed by atoms with E-state index < -0.39 is 24.0 Å². The van der Waals surface area contributed by atoms with Crippen molar-refractivity contribution in [2.75, 3.05) is 24.7 Å². The first kappa shape index (κ1) is 25.8. The van der Waals surface area contributed by atoms with Gasteiger partial charge in [-0.3, -0.25) is 19.7 Å². The maximum Gasteiger partial charge on any atom is 0.323 e. The number of hydrogen-bond donors (Lipinski definition) is 2. The van der Waals surface area contributed by atoms with Gasteiger partial charge in [0.2, 0.25) is 5.91 Å². The van der Waals surface area contributed by atoms with Crippen LogP contribution in [0.3, 0.4) is 0 Å². The summed E-state index contributed by atoms with van der Waals surface area (Å²) in [5.41, 5.74) is 2.14. The number of thioether (sulfide) groups is 1. The van der Waals surface area contributed by atoms with Gasteiger partial charge in [-0.2, -0.15) is 11.8 Å². The predicted molar refractivity (Wildman–Crippen MR) is 133 cm³/mol. The fourth-order valence-corrected chi connectivity index (χ4v) is 5.28. The Morgan fingerprint density at radius 3 is 2.35 bits per heavy atom. The van der Waals surface area contributed by atoms with Crippen molar-refractivity contribution in [3.63, 3.8) is 0 Å². The molecule has 7 nitrogen and oxygen atoms in total. The molecule has 1 fully saturated rings. The molecular weight excluding hydrogens is 452 g/mol. The number of nitrogens with zero attached hydrogens (tertiary/aromatic N) is 1. The van der Waals surface area contributed by atoms with Gasteiger partial charge in [0, 0.05) is 17.5 Å². The normalized spacial score (nSPS) is 19.3. The van der Waals surface area contributed by atoms with E-state index in [0.717, 1.165) is 11.1 Å². The van der Waals surface area contributed by atoms with Crippen molar-refractivity contribution < 1.29 is 24.2 Å². The Morgan fingerprint density at radius 1 is 1.09 bits per heavy atom. The van der Waals surface area contributed by atoms with Gasteiger partial charge in [-0.1, -0.05) is 60.7 Å². The van der Waals surface area contributed by atoms with Gasteiger partial charge in [0.15, 0.2) is 0 Å². The van der Waals surface area contributed by atoms with Crippen molar-refractivity contribution in [3.05, 3.63) is 71.8 Å². The molecule has 0 spiro atoms. The summed E-state index contributed by atoms with van der Waals surface area (Å²) < 4.78 is 5.26. The number of amides is 1. The van der Waals surface area contributed by atoms with E-state index in [9.17, 15) is 19.5 Å². The quantitative estimate of drug-likeness (QED) is 0.474. The van der Waals surface area contributed by atoms with Gasteiger partial charge in [0.1, 0.15) is 12.6 Å². The molecule has 1 saturated heterocycles. The highest BCUT2D eigenvalue weighted by Gasteiger charge is 2.36. The number of carboxylic acid groups (broad SMARTS) is 1. The number of nitrogens with one attached hydrogen (secondary N) is 1.